The van der Waals surface area contributed by atoms with Crippen molar-refractivity contribution in [1.29, 1.82) is 0 Å². The molecule has 1 saturated heterocycles. The molecular formula is C27H39N5O5S. The quantitative estimate of drug-likeness (QED) is 0.240. The van der Waals surface area contributed by atoms with Crippen molar-refractivity contribution in [3.63, 3.8) is 0 Å². The summed E-state index contributed by atoms with van der Waals surface area (Å²) in [6, 6.07) is 4.44. The van der Waals surface area contributed by atoms with E-state index in [0.717, 1.165) is 32.1 Å². The second-order valence-corrected chi connectivity index (χ2v) is 13.2. The Bertz CT molecular complexity index is 1150. The molecule has 3 fully saturated rings. The summed E-state index contributed by atoms with van der Waals surface area (Å²) in [5.41, 5.74) is 5.52. The smallest absolute Gasteiger partial charge is 0.245 e. The lowest BCUT2D eigenvalue weighted by atomic mass is 10.0. The number of allylic oxidation sites excluding steroid dienone is 2. The van der Waals surface area contributed by atoms with Crippen molar-refractivity contribution >= 4 is 33.6 Å². The number of nitrogens with one attached hydrogen (secondary N) is 2. The molecular weight excluding hydrogens is 506 g/mol. The molecule has 0 bridgehead atoms. The molecule has 3 aliphatic rings. The number of likely N-dealkylation sites (tertiary alicyclic amines) is 1. The van der Waals surface area contributed by atoms with Crippen molar-refractivity contribution in [2.75, 3.05) is 11.9 Å². The van der Waals surface area contributed by atoms with Crippen LogP contribution in [0.1, 0.15) is 71.1 Å². The minimum Gasteiger partial charge on any atom is -0.368 e. The molecule has 4 atom stereocenters. The van der Waals surface area contributed by atoms with E-state index in [9.17, 15) is 22.8 Å². The number of primary amides is 1. The molecule has 0 spiro atoms. The van der Waals surface area contributed by atoms with Gasteiger partial charge >= 0.3 is 0 Å². The normalized spacial score (nSPS) is 24.7. The fourth-order valence-corrected chi connectivity index (χ4v) is 6.28. The zero-order valence-corrected chi connectivity index (χ0v) is 22.8. The van der Waals surface area contributed by atoms with Crippen molar-refractivity contribution in [2.24, 2.45) is 17.6 Å². The maximum Gasteiger partial charge on any atom is 0.245 e. The first kappa shape index (κ1) is 28.1. The number of pyridine rings is 1. The topological polar surface area (TPSA) is 152 Å². The summed E-state index contributed by atoms with van der Waals surface area (Å²) in [6.45, 7) is 2.20. The minimum atomic E-state index is -3.58. The van der Waals surface area contributed by atoms with Gasteiger partial charge in [0.15, 0.2) is 0 Å². The Morgan fingerprint density at radius 1 is 1.24 bits per heavy atom. The van der Waals surface area contributed by atoms with Gasteiger partial charge in [-0.25, -0.2) is 13.4 Å². The van der Waals surface area contributed by atoms with E-state index in [1.165, 1.54) is 0 Å². The molecule has 1 aromatic rings. The standard InChI is InChI=1S/C27H39N5O5S/c1-27(14-15-27)38(36,37)31-25(34)20-18-19(20)10-5-3-2-4-6-11-21(30-23-13-7-8-16-29-23)26(35)32-17-9-12-22(32)24(28)33/h5,7-8,10,13,16,19-22H,2-4,6,9,11-12,14-15,17-18H2,1H3,(H2,28,33)(H,29,30)(H,31,34)/b10-5-/t19-,20+,21+,22+/m1/s1. The Morgan fingerprint density at radius 2 is 2.03 bits per heavy atom. The molecule has 3 amide bonds. The summed E-state index contributed by atoms with van der Waals surface area (Å²) >= 11 is 0. The third-order valence-corrected chi connectivity index (χ3v) is 10.1. The zero-order chi connectivity index (χ0) is 27.3. The molecule has 2 heterocycles. The highest BCUT2D eigenvalue weighted by Gasteiger charge is 2.52. The predicted octanol–water partition coefficient (Wildman–Crippen LogP) is 2.48. The van der Waals surface area contributed by atoms with Gasteiger partial charge in [-0.05, 0) is 76.3 Å². The number of nitrogens with zero attached hydrogens (tertiary/aromatic N) is 2. The Morgan fingerprint density at radius 3 is 2.71 bits per heavy atom. The number of aromatic nitrogens is 1. The van der Waals surface area contributed by atoms with Gasteiger partial charge in [-0.15, -0.1) is 0 Å². The van der Waals surface area contributed by atoms with E-state index in [4.69, 9.17) is 5.73 Å². The number of rotatable bonds is 14. The molecule has 0 aromatic carbocycles. The van der Waals surface area contributed by atoms with Gasteiger partial charge in [0.25, 0.3) is 0 Å². The van der Waals surface area contributed by atoms with Crippen LogP contribution >= 0.6 is 0 Å². The van der Waals surface area contributed by atoms with Crippen LogP contribution < -0.4 is 15.8 Å². The summed E-state index contributed by atoms with van der Waals surface area (Å²) < 4.78 is 26.0. The second-order valence-electron chi connectivity index (χ2n) is 11.0. The van der Waals surface area contributed by atoms with E-state index < -0.39 is 32.8 Å². The van der Waals surface area contributed by atoms with Gasteiger partial charge in [-0.3, -0.25) is 19.1 Å². The molecule has 0 unspecified atom stereocenters. The highest BCUT2D eigenvalue weighted by molar-refractivity contribution is 7.91. The van der Waals surface area contributed by atoms with Gasteiger partial charge in [0.2, 0.25) is 27.7 Å². The Labute approximate surface area is 224 Å². The van der Waals surface area contributed by atoms with Crippen molar-refractivity contribution in [2.45, 2.75) is 88.0 Å². The van der Waals surface area contributed by atoms with Crippen LogP contribution in [0.5, 0.6) is 0 Å². The highest BCUT2D eigenvalue weighted by Crippen LogP contribution is 2.44. The number of carbonyl (C=O) groups is 3. The monoisotopic (exact) mass is 545 g/mol. The summed E-state index contributed by atoms with van der Waals surface area (Å²) in [6.07, 6.45) is 13.1. The number of carbonyl (C=O) groups excluding carboxylic acids is 3. The van der Waals surface area contributed by atoms with Crippen molar-refractivity contribution in [3.8, 4) is 0 Å². The Balaban J connectivity index is 1.19. The average molecular weight is 546 g/mol. The van der Waals surface area contributed by atoms with Gasteiger partial charge in [0.05, 0.1) is 4.75 Å². The fraction of sp³-hybridized carbons (Fsp3) is 0.630. The van der Waals surface area contributed by atoms with E-state index in [1.54, 1.807) is 18.0 Å². The number of unbranched alkanes of at least 4 members (excludes halogenated alkanes) is 3. The van der Waals surface area contributed by atoms with E-state index in [2.05, 4.69) is 21.1 Å². The maximum absolute atomic E-state index is 13.3. The number of hydrogen-bond acceptors (Lipinski definition) is 7. The maximum atomic E-state index is 13.3. The Hall–Kier alpha value is -2.95. The van der Waals surface area contributed by atoms with Gasteiger partial charge in [0.1, 0.15) is 17.9 Å². The number of anilines is 1. The summed E-state index contributed by atoms with van der Waals surface area (Å²) in [5.74, 6) is -0.518. The number of amides is 3. The lowest BCUT2D eigenvalue weighted by Gasteiger charge is -2.28. The highest BCUT2D eigenvalue weighted by atomic mass is 32.2. The average Bonchev–Trinajstić information content (AvgIpc) is 3.78. The lowest BCUT2D eigenvalue weighted by Crippen LogP contribution is -2.49. The first-order valence-electron chi connectivity index (χ1n) is 13.6. The third kappa shape index (κ3) is 6.92. The fourth-order valence-electron chi connectivity index (χ4n) is 4.97. The van der Waals surface area contributed by atoms with Crippen LogP contribution in [0.15, 0.2) is 36.5 Å². The van der Waals surface area contributed by atoms with Crippen molar-refractivity contribution in [1.82, 2.24) is 14.6 Å². The number of sulfonamides is 1. The molecule has 208 valence electrons. The molecule has 4 rings (SSSR count). The Kier molecular flexibility index (Phi) is 8.74. The molecule has 11 heteroatoms. The lowest BCUT2D eigenvalue weighted by molar-refractivity contribution is -0.138. The zero-order valence-electron chi connectivity index (χ0n) is 22.0. The second kappa shape index (κ2) is 11.8. The van der Waals surface area contributed by atoms with Gasteiger partial charge in [-0.1, -0.05) is 31.1 Å². The molecule has 2 aliphatic carbocycles. The van der Waals surface area contributed by atoms with Gasteiger partial charge in [-0.2, -0.15) is 0 Å². The van der Waals surface area contributed by atoms with Gasteiger partial charge in [0, 0.05) is 18.7 Å². The van der Waals surface area contributed by atoms with Crippen LogP contribution in [-0.2, 0) is 24.4 Å². The van der Waals surface area contributed by atoms with Crippen LogP contribution in [0.25, 0.3) is 0 Å². The first-order valence-corrected chi connectivity index (χ1v) is 15.1. The molecule has 1 aliphatic heterocycles. The van der Waals surface area contributed by atoms with E-state index in [-0.39, 0.29) is 23.7 Å². The summed E-state index contributed by atoms with van der Waals surface area (Å²) in [4.78, 5) is 43.3. The van der Waals surface area contributed by atoms with Crippen molar-refractivity contribution < 1.29 is 22.8 Å². The minimum absolute atomic E-state index is 0.0976. The van der Waals surface area contributed by atoms with E-state index >= 15 is 0 Å². The van der Waals surface area contributed by atoms with Crippen LogP contribution in [0.3, 0.4) is 0 Å². The molecule has 38 heavy (non-hydrogen) atoms. The molecule has 10 nitrogen and oxygen atoms in total. The number of hydrogen-bond donors (Lipinski definition) is 3. The van der Waals surface area contributed by atoms with E-state index in [1.807, 2.05) is 24.3 Å². The van der Waals surface area contributed by atoms with Crippen LogP contribution in [0.4, 0.5) is 5.82 Å². The van der Waals surface area contributed by atoms with Crippen LogP contribution in [-0.4, -0.2) is 59.4 Å². The van der Waals surface area contributed by atoms with Crippen molar-refractivity contribution in [3.05, 3.63) is 36.5 Å². The summed E-state index contributed by atoms with van der Waals surface area (Å²) in [5, 5.41) is 3.24. The largest absolute Gasteiger partial charge is 0.368 e. The SMILES string of the molecule is CC1(S(=O)(=O)NC(=O)[C@H]2C[C@H]2/C=C\CCCCC[C@H](Nc2ccccn2)C(=O)N2CCC[C@H]2C(N)=O)CC1. The summed E-state index contributed by atoms with van der Waals surface area (Å²) in [7, 11) is -3.58. The third-order valence-electron chi connectivity index (χ3n) is 7.91. The van der Waals surface area contributed by atoms with Crippen LogP contribution in [0.2, 0.25) is 0 Å². The van der Waals surface area contributed by atoms with E-state index in [0.29, 0.717) is 44.5 Å². The first-order chi connectivity index (χ1) is 18.1. The van der Waals surface area contributed by atoms with Gasteiger partial charge < -0.3 is 16.0 Å². The van der Waals surface area contributed by atoms with Crippen LogP contribution in [0, 0.1) is 11.8 Å². The predicted molar refractivity (Wildman–Crippen MR) is 144 cm³/mol. The molecule has 1 aromatic heterocycles. The molecule has 0 radical (unpaired) electrons. The number of nitrogens with two attached hydrogens (primary N) is 1. The molecule has 2 saturated carbocycles. The molecule has 4 N–H and O–H groups in total.